The van der Waals surface area contributed by atoms with Crippen LogP contribution >= 0.6 is 22.9 Å². The zero-order chi connectivity index (χ0) is 8.55. The summed E-state index contributed by atoms with van der Waals surface area (Å²) in [5.41, 5.74) is 1.40. The molecule has 0 amide bonds. The summed E-state index contributed by atoms with van der Waals surface area (Å²) in [5, 5.41) is 4.38. The number of rotatable bonds is 1. The standard InChI is InChI=1S/C10H9ClS/c1-2-7-6-12-10-8(7)4-3-5-9(10)11/h3-6H,2H2,1H3. The molecular weight excluding hydrogens is 188 g/mol. The summed E-state index contributed by atoms with van der Waals surface area (Å²) in [6.45, 7) is 2.17. The average Bonchev–Trinajstić information content (AvgIpc) is 2.49. The van der Waals surface area contributed by atoms with E-state index in [9.17, 15) is 0 Å². The molecular formula is C10H9ClS. The molecule has 0 aliphatic rings. The molecule has 2 rings (SSSR count). The van der Waals surface area contributed by atoms with Crippen LogP contribution in [0.4, 0.5) is 0 Å². The van der Waals surface area contributed by atoms with Crippen molar-refractivity contribution >= 4 is 33.0 Å². The maximum absolute atomic E-state index is 6.04. The lowest BCUT2D eigenvalue weighted by Crippen LogP contribution is -1.74. The summed E-state index contributed by atoms with van der Waals surface area (Å²) < 4.78 is 1.22. The third-order valence-corrected chi connectivity index (χ3v) is 3.52. The summed E-state index contributed by atoms with van der Waals surface area (Å²) in [6, 6.07) is 6.09. The van der Waals surface area contributed by atoms with Gasteiger partial charge in [-0.05, 0) is 28.8 Å². The fourth-order valence-corrected chi connectivity index (χ4v) is 2.72. The lowest BCUT2D eigenvalue weighted by Gasteiger charge is -1.94. The van der Waals surface area contributed by atoms with Gasteiger partial charge in [0, 0.05) is 0 Å². The maximum Gasteiger partial charge on any atom is 0.0584 e. The minimum absolute atomic E-state index is 0.872. The molecule has 0 aliphatic heterocycles. The molecule has 62 valence electrons. The van der Waals surface area contributed by atoms with Gasteiger partial charge in [-0.15, -0.1) is 11.3 Å². The predicted octanol–water partition coefficient (Wildman–Crippen LogP) is 4.12. The van der Waals surface area contributed by atoms with Gasteiger partial charge in [-0.1, -0.05) is 30.7 Å². The molecule has 2 heteroatoms. The Morgan fingerprint density at radius 1 is 1.42 bits per heavy atom. The van der Waals surface area contributed by atoms with Crippen molar-refractivity contribution in [1.82, 2.24) is 0 Å². The van der Waals surface area contributed by atoms with E-state index in [4.69, 9.17) is 11.6 Å². The van der Waals surface area contributed by atoms with Gasteiger partial charge < -0.3 is 0 Å². The van der Waals surface area contributed by atoms with Crippen molar-refractivity contribution in [1.29, 1.82) is 0 Å². The van der Waals surface area contributed by atoms with Crippen LogP contribution in [0.25, 0.3) is 10.1 Å². The topological polar surface area (TPSA) is 0 Å². The molecule has 2 aromatic rings. The van der Waals surface area contributed by atoms with Gasteiger partial charge in [-0.3, -0.25) is 0 Å². The number of benzene rings is 1. The van der Waals surface area contributed by atoms with E-state index in [1.54, 1.807) is 11.3 Å². The smallest absolute Gasteiger partial charge is 0.0584 e. The van der Waals surface area contributed by atoms with Gasteiger partial charge in [0.15, 0.2) is 0 Å². The van der Waals surface area contributed by atoms with Gasteiger partial charge in [0.25, 0.3) is 0 Å². The van der Waals surface area contributed by atoms with Crippen molar-refractivity contribution < 1.29 is 0 Å². The van der Waals surface area contributed by atoms with Crippen molar-refractivity contribution in [3.63, 3.8) is 0 Å². The number of hydrogen-bond acceptors (Lipinski definition) is 1. The van der Waals surface area contributed by atoms with Crippen LogP contribution in [0.5, 0.6) is 0 Å². The number of thiophene rings is 1. The Kier molecular flexibility index (Phi) is 2.07. The van der Waals surface area contributed by atoms with Gasteiger partial charge in [-0.2, -0.15) is 0 Å². The largest absolute Gasteiger partial charge is 0.142 e. The van der Waals surface area contributed by atoms with Crippen molar-refractivity contribution in [2.24, 2.45) is 0 Å². The zero-order valence-corrected chi connectivity index (χ0v) is 8.38. The normalized spacial score (nSPS) is 10.8. The van der Waals surface area contributed by atoms with Crippen LogP contribution in [0, 0.1) is 0 Å². The predicted molar refractivity (Wildman–Crippen MR) is 56.2 cm³/mol. The van der Waals surface area contributed by atoms with E-state index in [2.05, 4.69) is 18.4 Å². The Bertz CT molecular complexity index is 403. The highest BCUT2D eigenvalue weighted by molar-refractivity contribution is 7.18. The molecule has 0 spiro atoms. The van der Waals surface area contributed by atoms with Gasteiger partial charge in [-0.25, -0.2) is 0 Å². The molecule has 1 heterocycles. The average molecular weight is 197 g/mol. The van der Waals surface area contributed by atoms with E-state index in [0.717, 1.165) is 11.4 Å². The Labute approximate surface area is 80.8 Å². The molecule has 0 aliphatic carbocycles. The number of halogens is 1. The van der Waals surface area contributed by atoms with E-state index < -0.39 is 0 Å². The summed E-state index contributed by atoms with van der Waals surface area (Å²) in [6.07, 6.45) is 1.08. The summed E-state index contributed by atoms with van der Waals surface area (Å²) in [7, 11) is 0. The van der Waals surface area contributed by atoms with Gasteiger partial charge in [0.1, 0.15) is 0 Å². The zero-order valence-electron chi connectivity index (χ0n) is 6.80. The first-order valence-corrected chi connectivity index (χ1v) is 5.23. The number of aryl methyl sites for hydroxylation is 1. The third-order valence-electron chi connectivity index (χ3n) is 2.01. The first-order valence-electron chi connectivity index (χ1n) is 3.97. The minimum Gasteiger partial charge on any atom is -0.142 e. The fourth-order valence-electron chi connectivity index (χ4n) is 1.35. The van der Waals surface area contributed by atoms with Crippen LogP contribution in [0.3, 0.4) is 0 Å². The number of hydrogen-bond donors (Lipinski definition) is 0. The molecule has 0 fully saturated rings. The molecule has 0 saturated heterocycles. The molecule has 0 unspecified atom stereocenters. The van der Waals surface area contributed by atoms with E-state index in [1.807, 2.05) is 12.1 Å². The van der Waals surface area contributed by atoms with E-state index in [-0.39, 0.29) is 0 Å². The summed E-state index contributed by atoms with van der Waals surface area (Å²) in [5.74, 6) is 0. The van der Waals surface area contributed by atoms with Crippen molar-refractivity contribution in [3.8, 4) is 0 Å². The molecule has 0 saturated carbocycles. The van der Waals surface area contributed by atoms with Gasteiger partial charge >= 0.3 is 0 Å². The third kappa shape index (κ3) is 1.13. The number of fused-ring (bicyclic) bond motifs is 1. The highest BCUT2D eigenvalue weighted by Crippen LogP contribution is 2.31. The first kappa shape index (κ1) is 8.09. The Morgan fingerprint density at radius 2 is 2.25 bits per heavy atom. The molecule has 0 N–H and O–H groups in total. The molecule has 0 nitrogen and oxygen atoms in total. The van der Waals surface area contributed by atoms with Crippen LogP contribution in [0.2, 0.25) is 5.02 Å². The van der Waals surface area contributed by atoms with E-state index in [0.29, 0.717) is 0 Å². The lowest BCUT2D eigenvalue weighted by molar-refractivity contribution is 1.17. The van der Waals surface area contributed by atoms with Crippen molar-refractivity contribution in [3.05, 3.63) is 34.2 Å². The second-order valence-electron chi connectivity index (χ2n) is 2.73. The highest BCUT2D eigenvalue weighted by atomic mass is 35.5. The van der Waals surface area contributed by atoms with Crippen molar-refractivity contribution in [2.75, 3.05) is 0 Å². The fraction of sp³-hybridized carbons (Fsp3) is 0.200. The Morgan fingerprint density at radius 3 is 3.00 bits per heavy atom. The molecule has 1 aromatic heterocycles. The van der Waals surface area contributed by atoms with Crippen LogP contribution in [-0.4, -0.2) is 0 Å². The van der Waals surface area contributed by atoms with Crippen LogP contribution in [-0.2, 0) is 6.42 Å². The van der Waals surface area contributed by atoms with Gasteiger partial charge in [0.2, 0.25) is 0 Å². The summed E-state index contributed by atoms with van der Waals surface area (Å²) in [4.78, 5) is 0. The lowest BCUT2D eigenvalue weighted by atomic mass is 10.1. The second-order valence-corrected chi connectivity index (χ2v) is 4.02. The van der Waals surface area contributed by atoms with E-state index >= 15 is 0 Å². The molecule has 1 aromatic carbocycles. The molecule has 0 atom stereocenters. The molecule has 0 radical (unpaired) electrons. The minimum atomic E-state index is 0.872. The molecule has 12 heavy (non-hydrogen) atoms. The van der Waals surface area contributed by atoms with Crippen molar-refractivity contribution in [2.45, 2.75) is 13.3 Å². The van der Waals surface area contributed by atoms with Gasteiger partial charge in [0.05, 0.1) is 9.72 Å². The Balaban J connectivity index is 2.80. The quantitative estimate of drug-likeness (QED) is 0.644. The van der Waals surface area contributed by atoms with E-state index in [1.165, 1.54) is 15.6 Å². The Hall–Kier alpha value is -0.530. The first-order chi connectivity index (χ1) is 5.83. The summed E-state index contributed by atoms with van der Waals surface area (Å²) >= 11 is 7.77. The highest BCUT2D eigenvalue weighted by Gasteiger charge is 2.03. The van der Waals surface area contributed by atoms with Crippen LogP contribution < -0.4 is 0 Å². The molecule has 0 bridgehead atoms. The maximum atomic E-state index is 6.04. The monoisotopic (exact) mass is 196 g/mol. The SMILES string of the molecule is CCc1csc2c(Cl)cccc12. The second kappa shape index (κ2) is 3.08. The van der Waals surface area contributed by atoms with Crippen LogP contribution in [0.1, 0.15) is 12.5 Å². The van der Waals surface area contributed by atoms with Crippen LogP contribution in [0.15, 0.2) is 23.6 Å².